The molecule has 0 amide bonds. The number of pyridine rings is 1. The summed E-state index contributed by atoms with van der Waals surface area (Å²) < 4.78 is 42.7. The first-order chi connectivity index (χ1) is 12.9. The Morgan fingerprint density at radius 2 is 1.96 bits per heavy atom. The van der Waals surface area contributed by atoms with E-state index in [2.05, 4.69) is 19.9 Å². The quantitative estimate of drug-likeness (QED) is 0.279. The third-order valence-corrected chi connectivity index (χ3v) is 4.80. The lowest BCUT2D eigenvalue weighted by molar-refractivity contribution is -0.137. The minimum atomic E-state index is -4.41. The molecule has 1 aliphatic heterocycles. The first-order valence-corrected chi connectivity index (χ1v) is 9.17. The van der Waals surface area contributed by atoms with Crippen LogP contribution in [0.4, 0.5) is 18.3 Å². The summed E-state index contributed by atoms with van der Waals surface area (Å²) in [6, 6.07) is 2.12. The Morgan fingerprint density at radius 3 is 2.54 bits per heavy atom. The number of anilines is 1. The number of nitrogens with zero attached hydrogens (tertiary/aromatic N) is 5. The lowest BCUT2D eigenvalue weighted by Gasteiger charge is -2.35. The van der Waals surface area contributed by atoms with Crippen molar-refractivity contribution in [1.29, 1.82) is 0 Å². The molecule has 3 heterocycles. The molecule has 7 nitrogen and oxygen atoms in total. The number of alkyl halides is 3. The van der Waals surface area contributed by atoms with Crippen LogP contribution >= 0.6 is 35.3 Å². The molecule has 0 aliphatic carbocycles. The van der Waals surface area contributed by atoms with Gasteiger partial charge in [0.15, 0.2) is 11.1 Å². The number of rotatable bonds is 5. The number of halogens is 4. The van der Waals surface area contributed by atoms with Crippen LogP contribution in [0.15, 0.2) is 34.9 Å². The highest BCUT2D eigenvalue weighted by Crippen LogP contribution is 2.29. The first-order valence-electron chi connectivity index (χ1n) is 8.29. The molecule has 0 unspecified atom stereocenters. The van der Waals surface area contributed by atoms with Gasteiger partial charge in [0, 0.05) is 50.0 Å². The van der Waals surface area contributed by atoms with Crippen molar-refractivity contribution < 1.29 is 17.9 Å². The van der Waals surface area contributed by atoms with Gasteiger partial charge in [-0.05, 0) is 6.07 Å². The molecule has 154 valence electrons. The molecule has 0 atom stereocenters. The molecule has 12 heteroatoms. The van der Waals surface area contributed by atoms with E-state index in [1.165, 1.54) is 6.07 Å². The van der Waals surface area contributed by atoms with E-state index in [1.807, 2.05) is 10.3 Å². The number of aromatic nitrogens is 2. The van der Waals surface area contributed by atoms with Crippen LogP contribution < -0.4 is 15.4 Å². The Kier molecular flexibility index (Phi) is 8.10. The summed E-state index contributed by atoms with van der Waals surface area (Å²) in [4.78, 5) is 16.4. The Balaban J connectivity index is 0.00000280. The minimum absolute atomic E-state index is 0. The van der Waals surface area contributed by atoms with E-state index in [-0.39, 0.29) is 36.5 Å². The second-order valence-corrected chi connectivity index (χ2v) is 6.63. The van der Waals surface area contributed by atoms with E-state index < -0.39 is 11.7 Å². The maximum Gasteiger partial charge on any atom is 0.417 e. The molecule has 3 rings (SSSR count). The van der Waals surface area contributed by atoms with Gasteiger partial charge >= 0.3 is 6.18 Å². The minimum Gasteiger partial charge on any atom is -0.476 e. The van der Waals surface area contributed by atoms with Crippen molar-refractivity contribution in [3.63, 3.8) is 0 Å². The molecule has 0 aromatic carbocycles. The van der Waals surface area contributed by atoms with Gasteiger partial charge in [-0.2, -0.15) is 13.2 Å². The average molecular weight is 528 g/mol. The predicted octanol–water partition coefficient (Wildman–Crippen LogP) is 2.69. The van der Waals surface area contributed by atoms with Crippen molar-refractivity contribution in [2.24, 2.45) is 10.7 Å². The van der Waals surface area contributed by atoms with Crippen molar-refractivity contribution in [1.82, 2.24) is 14.9 Å². The number of hydrogen-bond donors (Lipinski definition) is 1. The van der Waals surface area contributed by atoms with Crippen LogP contribution in [0, 0.1) is 0 Å². The van der Waals surface area contributed by atoms with Crippen LogP contribution in [0.5, 0.6) is 5.88 Å². The molecule has 28 heavy (non-hydrogen) atoms. The van der Waals surface area contributed by atoms with E-state index >= 15 is 0 Å². The van der Waals surface area contributed by atoms with Crippen LogP contribution in [0.25, 0.3) is 0 Å². The number of piperazine rings is 1. The second-order valence-electron chi connectivity index (χ2n) is 5.76. The highest BCUT2D eigenvalue weighted by Gasteiger charge is 2.30. The summed E-state index contributed by atoms with van der Waals surface area (Å²) >= 11 is 1.61. The lowest BCUT2D eigenvalue weighted by atomic mass is 10.3. The van der Waals surface area contributed by atoms with E-state index in [0.29, 0.717) is 12.5 Å². The number of hydrogen-bond acceptors (Lipinski definition) is 6. The average Bonchev–Trinajstić information content (AvgIpc) is 3.20. The lowest BCUT2D eigenvalue weighted by Crippen LogP contribution is -2.51. The molecule has 0 spiro atoms. The molecule has 1 fully saturated rings. The number of ether oxygens (including phenoxy) is 1. The zero-order chi connectivity index (χ0) is 19.3. The molecule has 2 aromatic heterocycles. The normalized spacial score (nSPS) is 15.3. The molecule has 2 aromatic rings. The molecule has 0 bridgehead atoms. The molecule has 0 saturated carbocycles. The van der Waals surface area contributed by atoms with E-state index in [9.17, 15) is 13.2 Å². The zero-order valence-electron chi connectivity index (χ0n) is 14.8. The van der Waals surface area contributed by atoms with Crippen LogP contribution in [0.2, 0.25) is 0 Å². The Hall–Kier alpha value is -1.83. The van der Waals surface area contributed by atoms with Crippen molar-refractivity contribution in [3.05, 3.63) is 35.5 Å². The monoisotopic (exact) mass is 528 g/mol. The first kappa shape index (κ1) is 22.5. The van der Waals surface area contributed by atoms with E-state index in [4.69, 9.17) is 10.5 Å². The van der Waals surface area contributed by atoms with Gasteiger partial charge in [0.1, 0.15) is 6.61 Å². The smallest absolute Gasteiger partial charge is 0.417 e. The summed E-state index contributed by atoms with van der Waals surface area (Å²) in [6.07, 6.45) is -1.88. The van der Waals surface area contributed by atoms with Gasteiger partial charge in [0.2, 0.25) is 5.88 Å². The van der Waals surface area contributed by atoms with Gasteiger partial charge in [-0.15, -0.1) is 35.3 Å². The predicted molar refractivity (Wildman–Crippen MR) is 113 cm³/mol. The van der Waals surface area contributed by atoms with Crippen LogP contribution in [-0.2, 0) is 6.18 Å². The summed E-state index contributed by atoms with van der Waals surface area (Å²) in [5, 5.41) is 2.95. The standard InChI is InChI=1S/C16H19F3N6OS.HI/c17-16(18,19)12-1-2-13(23-11-12)26-9-3-21-14(20)24-5-7-25(8-6-24)15-22-4-10-27-15;/h1-2,4,10-11H,3,5-9H2,(H2,20,21);1H. The van der Waals surface area contributed by atoms with Gasteiger partial charge in [-0.1, -0.05) is 0 Å². The van der Waals surface area contributed by atoms with Crippen LogP contribution in [0.1, 0.15) is 5.56 Å². The largest absolute Gasteiger partial charge is 0.476 e. The zero-order valence-corrected chi connectivity index (χ0v) is 17.9. The van der Waals surface area contributed by atoms with Gasteiger partial charge in [-0.25, -0.2) is 15.0 Å². The van der Waals surface area contributed by atoms with Gasteiger partial charge in [-0.3, -0.25) is 0 Å². The molecular weight excluding hydrogens is 508 g/mol. The van der Waals surface area contributed by atoms with E-state index in [0.717, 1.165) is 43.6 Å². The fourth-order valence-corrected chi connectivity index (χ4v) is 3.24. The number of nitrogens with two attached hydrogens (primary N) is 1. The molecule has 2 N–H and O–H groups in total. The Morgan fingerprint density at radius 1 is 1.21 bits per heavy atom. The summed E-state index contributed by atoms with van der Waals surface area (Å²) in [7, 11) is 0. The van der Waals surface area contributed by atoms with Crippen molar-refractivity contribution in [2.75, 3.05) is 44.2 Å². The summed E-state index contributed by atoms with van der Waals surface area (Å²) in [5.41, 5.74) is 5.20. The highest BCUT2D eigenvalue weighted by molar-refractivity contribution is 14.0. The summed E-state index contributed by atoms with van der Waals surface area (Å²) in [6.45, 7) is 3.59. The van der Waals surface area contributed by atoms with Crippen molar-refractivity contribution in [2.45, 2.75) is 6.18 Å². The van der Waals surface area contributed by atoms with Crippen LogP contribution in [-0.4, -0.2) is 60.2 Å². The van der Waals surface area contributed by atoms with Gasteiger partial charge in [0.25, 0.3) is 0 Å². The second kappa shape index (κ2) is 10.1. The third kappa shape index (κ3) is 6.09. The third-order valence-electron chi connectivity index (χ3n) is 3.97. The Bertz CT molecular complexity index is 749. The fourth-order valence-electron chi connectivity index (χ4n) is 2.54. The number of aliphatic imine (C=N–C) groups is 1. The maximum absolute atomic E-state index is 12.5. The van der Waals surface area contributed by atoms with Crippen molar-refractivity contribution >= 4 is 46.4 Å². The fraction of sp³-hybridized carbons (Fsp3) is 0.438. The van der Waals surface area contributed by atoms with Gasteiger partial charge < -0.3 is 20.3 Å². The number of guanidine groups is 1. The van der Waals surface area contributed by atoms with Crippen LogP contribution in [0.3, 0.4) is 0 Å². The molecular formula is C16H20F3IN6OS. The molecule has 1 aliphatic rings. The SMILES string of the molecule is I.NC(=NCCOc1ccc(C(F)(F)F)cn1)N1CCN(c2nccs2)CC1. The summed E-state index contributed by atoms with van der Waals surface area (Å²) in [5.74, 6) is 0.548. The number of thiazole rings is 1. The molecule has 0 radical (unpaired) electrons. The van der Waals surface area contributed by atoms with E-state index in [1.54, 1.807) is 17.5 Å². The molecule has 1 saturated heterocycles. The van der Waals surface area contributed by atoms with Crippen molar-refractivity contribution in [3.8, 4) is 5.88 Å². The highest BCUT2D eigenvalue weighted by atomic mass is 127. The maximum atomic E-state index is 12.5. The topological polar surface area (TPSA) is 79.9 Å². The Labute approximate surface area is 181 Å². The van der Waals surface area contributed by atoms with Gasteiger partial charge in [0.05, 0.1) is 12.1 Å².